The van der Waals surface area contributed by atoms with Crippen LogP contribution in [-0.2, 0) is 11.2 Å². The smallest absolute Gasteiger partial charge is 0.220 e. The number of hydrogen-bond acceptors (Lipinski definition) is 4. The Labute approximate surface area is 138 Å². The second-order valence-corrected chi connectivity index (χ2v) is 6.25. The van der Waals surface area contributed by atoms with Gasteiger partial charge in [-0.2, -0.15) is 0 Å². The molecule has 0 radical (unpaired) electrons. The number of nitrogens with zero attached hydrogens (tertiary/aromatic N) is 1. The van der Waals surface area contributed by atoms with Crippen molar-refractivity contribution < 1.29 is 15.0 Å². The number of benzene rings is 1. The molecule has 0 aliphatic carbocycles. The van der Waals surface area contributed by atoms with Crippen molar-refractivity contribution in [1.82, 2.24) is 10.2 Å². The van der Waals surface area contributed by atoms with Crippen LogP contribution < -0.4 is 5.32 Å². The number of carbonyl (C=O) groups excluding carboxylic acids is 1. The molecular formula is C18H28N2O3. The van der Waals surface area contributed by atoms with Crippen molar-refractivity contribution in [3.8, 4) is 0 Å². The van der Waals surface area contributed by atoms with Crippen LogP contribution in [0.4, 0.5) is 0 Å². The SMILES string of the molecule is CCC(=O)N[C@H]1CN(CCCc2ccccc2)[C@H](CO)C[C@H]1O. The molecule has 3 N–H and O–H groups in total. The van der Waals surface area contributed by atoms with Gasteiger partial charge in [0.25, 0.3) is 0 Å². The van der Waals surface area contributed by atoms with Gasteiger partial charge >= 0.3 is 0 Å². The molecule has 1 amide bonds. The minimum absolute atomic E-state index is 0.0319. The van der Waals surface area contributed by atoms with E-state index in [1.165, 1.54) is 5.56 Å². The van der Waals surface area contributed by atoms with Crippen LogP contribution in [0.1, 0.15) is 31.7 Å². The lowest BCUT2D eigenvalue weighted by Gasteiger charge is -2.42. The molecule has 1 aliphatic rings. The Hall–Kier alpha value is -1.43. The Morgan fingerprint density at radius 3 is 2.74 bits per heavy atom. The van der Waals surface area contributed by atoms with Crippen molar-refractivity contribution in [2.75, 3.05) is 19.7 Å². The topological polar surface area (TPSA) is 72.8 Å². The highest BCUT2D eigenvalue weighted by molar-refractivity contribution is 5.75. The molecule has 3 atom stereocenters. The molecule has 0 saturated carbocycles. The Morgan fingerprint density at radius 1 is 1.35 bits per heavy atom. The standard InChI is InChI=1S/C18H28N2O3/c1-2-18(23)19-16-12-20(15(13-21)11-17(16)22)10-6-9-14-7-4-3-5-8-14/h3-5,7-8,15-17,21-22H,2,6,9-13H2,1H3,(H,19,23)/t15-,16-,17+/m0/s1. The number of rotatable bonds is 7. The van der Waals surface area contributed by atoms with Gasteiger partial charge in [0.05, 0.1) is 18.8 Å². The summed E-state index contributed by atoms with van der Waals surface area (Å²) in [4.78, 5) is 13.8. The quantitative estimate of drug-likeness (QED) is 0.699. The van der Waals surface area contributed by atoms with E-state index in [0.29, 0.717) is 19.4 Å². The molecule has 128 valence electrons. The molecule has 1 saturated heterocycles. The van der Waals surface area contributed by atoms with E-state index in [2.05, 4.69) is 22.3 Å². The number of amides is 1. The Balaban J connectivity index is 1.87. The number of aliphatic hydroxyl groups excluding tert-OH is 2. The zero-order valence-corrected chi connectivity index (χ0v) is 13.8. The molecule has 1 aromatic rings. The van der Waals surface area contributed by atoms with Crippen molar-refractivity contribution in [2.45, 2.75) is 50.8 Å². The molecule has 0 spiro atoms. The van der Waals surface area contributed by atoms with Crippen LogP contribution >= 0.6 is 0 Å². The van der Waals surface area contributed by atoms with Crippen LogP contribution in [0.25, 0.3) is 0 Å². The highest BCUT2D eigenvalue weighted by atomic mass is 16.3. The fraction of sp³-hybridized carbons (Fsp3) is 0.611. The predicted molar refractivity (Wildman–Crippen MR) is 90.1 cm³/mol. The van der Waals surface area contributed by atoms with E-state index in [1.807, 2.05) is 18.2 Å². The van der Waals surface area contributed by atoms with Crippen molar-refractivity contribution in [3.63, 3.8) is 0 Å². The van der Waals surface area contributed by atoms with Crippen LogP contribution in [0.15, 0.2) is 30.3 Å². The second kappa shape index (κ2) is 9.01. The first-order valence-electron chi connectivity index (χ1n) is 8.50. The molecule has 1 fully saturated rings. The van der Waals surface area contributed by atoms with Gasteiger partial charge in [-0.1, -0.05) is 37.3 Å². The van der Waals surface area contributed by atoms with Crippen LogP contribution in [0.5, 0.6) is 0 Å². The van der Waals surface area contributed by atoms with Gasteiger partial charge in [-0.15, -0.1) is 0 Å². The summed E-state index contributed by atoms with van der Waals surface area (Å²) >= 11 is 0. The zero-order valence-electron chi connectivity index (χ0n) is 13.8. The Morgan fingerprint density at radius 2 is 2.09 bits per heavy atom. The van der Waals surface area contributed by atoms with Gasteiger partial charge in [0.2, 0.25) is 5.91 Å². The molecular weight excluding hydrogens is 292 g/mol. The van der Waals surface area contributed by atoms with Gasteiger partial charge in [-0.25, -0.2) is 0 Å². The highest BCUT2D eigenvalue weighted by Crippen LogP contribution is 2.19. The number of carbonyl (C=O) groups is 1. The lowest BCUT2D eigenvalue weighted by Crippen LogP contribution is -2.59. The molecule has 23 heavy (non-hydrogen) atoms. The number of nitrogens with one attached hydrogen (secondary N) is 1. The summed E-state index contributed by atoms with van der Waals surface area (Å²) in [6.45, 7) is 3.29. The normalized spacial score (nSPS) is 25.3. The molecule has 0 bridgehead atoms. The number of aliphatic hydroxyl groups is 2. The van der Waals surface area contributed by atoms with Gasteiger partial charge in [0.1, 0.15) is 0 Å². The fourth-order valence-electron chi connectivity index (χ4n) is 3.16. The minimum Gasteiger partial charge on any atom is -0.395 e. The largest absolute Gasteiger partial charge is 0.395 e. The predicted octanol–water partition coefficient (Wildman–Crippen LogP) is 0.941. The molecule has 0 unspecified atom stereocenters. The molecule has 2 rings (SSSR count). The average Bonchev–Trinajstić information content (AvgIpc) is 2.58. The molecule has 5 nitrogen and oxygen atoms in total. The second-order valence-electron chi connectivity index (χ2n) is 6.25. The minimum atomic E-state index is -0.590. The van der Waals surface area contributed by atoms with Gasteiger partial charge in [0, 0.05) is 19.0 Å². The van der Waals surface area contributed by atoms with Crippen molar-refractivity contribution >= 4 is 5.91 Å². The summed E-state index contributed by atoms with van der Waals surface area (Å²) in [5, 5.41) is 22.6. The number of hydrogen-bond donors (Lipinski definition) is 3. The van der Waals surface area contributed by atoms with Crippen molar-refractivity contribution in [3.05, 3.63) is 35.9 Å². The molecule has 5 heteroatoms. The summed E-state index contributed by atoms with van der Waals surface area (Å²) < 4.78 is 0. The summed E-state index contributed by atoms with van der Waals surface area (Å²) in [5.74, 6) is -0.0410. The first-order valence-corrected chi connectivity index (χ1v) is 8.50. The third-order valence-corrected chi connectivity index (χ3v) is 4.56. The van der Waals surface area contributed by atoms with Gasteiger partial charge in [0.15, 0.2) is 0 Å². The van der Waals surface area contributed by atoms with E-state index in [4.69, 9.17) is 0 Å². The summed E-state index contributed by atoms with van der Waals surface area (Å²) in [7, 11) is 0. The maximum absolute atomic E-state index is 11.6. The summed E-state index contributed by atoms with van der Waals surface area (Å²) in [6.07, 6.45) is 2.31. The molecule has 1 heterocycles. The monoisotopic (exact) mass is 320 g/mol. The Bertz CT molecular complexity index is 480. The molecule has 1 aliphatic heterocycles. The number of piperidine rings is 1. The van der Waals surface area contributed by atoms with E-state index in [-0.39, 0.29) is 24.6 Å². The van der Waals surface area contributed by atoms with Crippen LogP contribution in [0, 0.1) is 0 Å². The van der Waals surface area contributed by atoms with Crippen molar-refractivity contribution in [1.29, 1.82) is 0 Å². The summed E-state index contributed by atoms with van der Waals surface area (Å²) in [6, 6.07) is 10.1. The lowest BCUT2D eigenvalue weighted by atomic mass is 9.95. The number of aryl methyl sites for hydroxylation is 1. The summed E-state index contributed by atoms with van der Waals surface area (Å²) in [5.41, 5.74) is 1.31. The maximum atomic E-state index is 11.6. The third kappa shape index (κ3) is 5.30. The van der Waals surface area contributed by atoms with Gasteiger partial charge in [-0.3, -0.25) is 9.69 Å². The van der Waals surface area contributed by atoms with E-state index in [9.17, 15) is 15.0 Å². The van der Waals surface area contributed by atoms with E-state index >= 15 is 0 Å². The third-order valence-electron chi connectivity index (χ3n) is 4.56. The van der Waals surface area contributed by atoms with E-state index in [0.717, 1.165) is 19.4 Å². The zero-order chi connectivity index (χ0) is 16.7. The molecule has 0 aromatic heterocycles. The average molecular weight is 320 g/mol. The maximum Gasteiger partial charge on any atom is 0.220 e. The van der Waals surface area contributed by atoms with Crippen molar-refractivity contribution in [2.24, 2.45) is 0 Å². The highest BCUT2D eigenvalue weighted by Gasteiger charge is 2.34. The fourth-order valence-corrected chi connectivity index (χ4v) is 3.16. The van der Waals surface area contributed by atoms with Crippen LogP contribution in [0.2, 0.25) is 0 Å². The van der Waals surface area contributed by atoms with Gasteiger partial charge < -0.3 is 15.5 Å². The Kier molecular flexibility index (Phi) is 7.02. The van der Waals surface area contributed by atoms with E-state index in [1.54, 1.807) is 6.92 Å². The van der Waals surface area contributed by atoms with Crippen LogP contribution in [-0.4, -0.2) is 58.9 Å². The van der Waals surface area contributed by atoms with Gasteiger partial charge in [-0.05, 0) is 31.4 Å². The van der Waals surface area contributed by atoms with Crippen LogP contribution in [0.3, 0.4) is 0 Å². The first kappa shape index (κ1) is 17.9. The van der Waals surface area contributed by atoms with E-state index < -0.39 is 6.10 Å². The lowest BCUT2D eigenvalue weighted by molar-refractivity contribution is -0.123. The molecule has 1 aromatic carbocycles. The number of likely N-dealkylation sites (tertiary alicyclic amines) is 1. The first-order chi connectivity index (χ1) is 11.1.